The van der Waals surface area contributed by atoms with Gasteiger partial charge in [0.15, 0.2) is 0 Å². The molecule has 3 aromatic rings. The summed E-state index contributed by atoms with van der Waals surface area (Å²) in [4.78, 5) is 7.61. The van der Waals surface area contributed by atoms with Gasteiger partial charge in [-0.3, -0.25) is 0 Å². The third kappa shape index (κ3) is 2.33. The molecule has 0 radical (unpaired) electrons. The van der Waals surface area contributed by atoms with Crippen molar-refractivity contribution < 1.29 is 0 Å². The number of nitrogens with one attached hydrogen (secondary N) is 1. The molecule has 0 saturated carbocycles. The van der Waals surface area contributed by atoms with Crippen molar-refractivity contribution in [3.63, 3.8) is 0 Å². The van der Waals surface area contributed by atoms with Crippen LogP contribution in [0.1, 0.15) is 12.5 Å². The molecule has 0 atom stereocenters. The van der Waals surface area contributed by atoms with Crippen LogP contribution in [-0.4, -0.2) is 9.97 Å². The predicted molar refractivity (Wildman–Crippen MR) is 86.3 cm³/mol. The molecule has 0 fully saturated rings. The van der Waals surface area contributed by atoms with E-state index in [2.05, 4.69) is 22.1 Å². The average molecular weight is 303 g/mol. The molecule has 2 heterocycles. The average Bonchev–Trinajstić information content (AvgIpc) is 2.85. The first kappa shape index (κ1) is 13.2. The summed E-state index contributed by atoms with van der Waals surface area (Å²) in [5.41, 5.74) is 4.02. The molecule has 0 unspecified atom stereocenters. The van der Waals surface area contributed by atoms with E-state index in [9.17, 15) is 0 Å². The van der Waals surface area contributed by atoms with Crippen LogP contribution in [0.4, 0.5) is 0 Å². The second-order valence-electron chi connectivity index (χ2n) is 4.49. The van der Waals surface area contributed by atoms with Gasteiger partial charge in [-0.15, -0.1) is 0 Å². The Bertz CT molecular complexity index is 803. The van der Waals surface area contributed by atoms with Crippen molar-refractivity contribution in [3.05, 3.63) is 58.3 Å². The molecule has 0 saturated heterocycles. The minimum atomic E-state index is 0.548. The van der Waals surface area contributed by atoms with Crippen LogP contribution in [-0.2, 0) is 0 Å². The number of H-pyrrole nitrogens is 1. The molecule has 0 bridgehead atoms. The Labute approximate surface area is 127 Å². The van der Waals surface area contributed by atoms with Gasteiger partial charge in [0.1, 0.15) is 5.65 Å². The number of aromatic nitrogens is 2. The Morgan fingerprint density at radius 2 is 1.95 bits per heavy atom. The molecule has 4 heteroatoms. The molecule has 0 aliphatic rings. The molecule has 2 nitrogen and oxygen atoms in total. The number of benzene rings is 1. The SMILES string of the molecule is C/C=C/c1c[nH]c2ncc(-c3ccc(Cl)c(Cl)c3)cc12. The van der Waals surface area contributed by atoms with Crippen molar-refractivity contribution in [2.75, 3.05) is 0 Å². The van der Waals surface area contributed by atoms with Gasteiger partial charge >= 0.3 is 0 Å². The third-order valence-electron chi connectivity index (χ3n) is 3.16. The van der Waals surface area contributed by atoms with E-state index >= 15 is 0 Å². The number of aromatic amines is 1. The Hall–Kier alpha value is -1.77. The molecule has 20 heavy (non-hydrogen) atoms. The number of fused-ring (bicyclic) bond motifs is 1. The van der Waals surface area contributed by atoms with Crippen LogP contribution in [0.25, 0.3) is 28.2 Å². The molecule has 0 amide bonds. The zero-order valence-corrected chi connectivity index (χ0v) is 12.3. The maximum atomic E-state index is 6.07. The van der Waals surface area contributed by atoms with Crippen LogP contribution >= 0.6 is 23.2 Å². The lowest BCUT2D eigenvalue weighted by Crippen LogP contribution is -1.83. The first-order chi connectivity index (χ1) is 9.69. The van der Waals surface area contributed by atoms with Gasteiger partial charge < -0.3 is 4.98 Å². The summed E-state index contributed by atoms with van der Waals surface area (Å²) in [6, 6.07) is 7.70. The van der Waals surface area contributed by atoms with Crippen LogP contribution in [0, 0.1) is 0 Å². The van der Waals surface area contributed by atoms with Gasteiger partial charge in [-0.05, 0) is 30.7 Å². The van der Waals surface area contributed by atoms with E-state index in [-0.39, 0.29) is 0 Å². The van der Waals surface area contributed by atoms with Crippen molar-refractivity contribution in [1.82, 2.24) is 9.97 Å². The van der Waals surface area contributed by atoms with Crippen molar-refractivity contribution in [3.8, 4) is 11.1 Å². The largest absolute Gasteiger partial charge is 0.346 e. The van der Waals surface area contributed by atoms with Gasteiger partial charge in [-0.2, -0.15) is 0 Å². The lowest BCUT2D eigenvalue weighted by atomic mass is 10.1. The highest BCUT2D eigenvalue weighted by molar-refractivity contribution is 6.42. The summed E-state index contributed by atoms with van der Waals surface area (Å²) in [7, 11) is 0. The summed E-state index contributed by atoms with van der Waals surface area (Å²) in [6.07, 6.45) is 7.85. The zero-order chi connectivity index (χ0) is 14.1. The van der Waals surface area contributed by atoms with E-state index in [4.69, 9.17) is 23.2 Å². The van der Waals surface area contributed by atoms with Crippen LogP contribution in [0.3, 0.4) is 0 Å². The van der Waals surface area contributed by atoms with Crippen LogP contribution in [0.2, 0.25) is 10.0 Å². The normalized spacial score (nSPS) is 11.6. The Kier molecular flexibility index (Phi) is 3.51. The number of halogens is 2. The smallest absolute Gasteiger partial charge is 0.137 e. The second-order valence-corrected chi connectivity index (χ2v) is 5.31. The highest BCUT2D eigenvalue weighted by atomic mass is 35.5. The van der Waals surface area contributed by atoms with Crippen molar-refractivity contribution in [2.24, 2.45) is 0 Å². The number of pyridine rings is 1. The quantitative estimate of drug-likeness (QED) is 0.658. The van der Waals surface area contributed by atoms with E-state index in [0.717, 1.165) is 27.7 Å². The summed E-state index contributed by atoms with van der Waals surface area (Å²) < 4.78 is 0. The van der Waals surface area contributed by atoms with Gasteiger partial charge in [-0.1, -0.05) is 41.4 Å². The van der Waals surface area contributed by atoms with Crippen molar-refractivity contribution >= 4 is 40.3 Å². The van der Waals surface area contributed by atoms with E-state index in [1.54, 1.807) is 6.07 Å². The zero-order valence-electron chi connectivity index (χ0n) is 10.8. The standard InChI is InChI=1S/C16H12Cl2N2/c1-2-3-11-8-19-16-13(11)6-12(9-20-16)10-4-5-14(17)15(18)7-10/h2-9H,1H3,(H,19,20)/b3-2+. The van der Waals surface area contributed by atoms with Crippen LogP contribution < -0.4 is 0 Å². The van der Waals surface area contributed by atoms with Gasteiger partial charge in [0, 0.05) is 28.9 Å². The minimum absolute atomic E-state index is 0.548. The summed E-state index contributed by atoms with van der Waals surface area (Å²) in [5.74, 6) is 0. The number of hydrogen-bond donors (Lipinski definition) is 1. The first-order valence-electron chi connectivity index (χ1n) is 6.24. The lowest BCUT2D eigenvalue weighted by Gasteiger charge is -2.04. The van der Waals surface area contributed by atoms with Gasteiger partial charge in [0.25, 0.3) is 0 Å². The molecule has 100 valence electrons. The molecular weight excluding hydrogens is 291 g/mol. The summed E-state index contributed by atoms with van der Waals surface area (Å²) in [5, 5.41) is 2.19. The number of nitrogens with zero attached hydrogens (tertiary/aromatic N) is 1. The molecule has 1 aromatic carbocycles. The minimum Gasteiger partial charge on any atom is -0.346 e. The maximum absolute atomic E-state index is 6.07. The van der Waals surface area contributed by atoms with E-state index in [1.165, 1.54) is 0 Å². The topological polar surface area (TPSA) is 28.7 Å². The molecule has 3 rings (SSSR count). The Morgan fingerprint density at radius 3 is 2.70 bits per heavy atom. The summed E-state index contributed by atoms with van der Waals surface area (Å²) in [6.45, 7) is 2.00. The fourth-order valence-electron chi connectivity index (χ4n) is 2.17. The lowest BCUT2D eigenvalue weighted by molar-refractivity contribution is 1.32. The molecule has 0 aliphatic carbocycles. The molecule has 1 N–H and O–H groups in total. The molecular formula is C16H12Cl2N2. The second kappa shape index (κ2) is 5.31. The van der Waals surface area contributed by atoms with Crippen LogP contribution in [0.15, 0.2) is 42.7 Å². The monoisotopic (exact) mass is 302 g/mol. The fourth-order valence-corrected chi connectivity index (χ4v) is 2.47. The maximum Gasteiger partial charge on any atom is 0.137 e. The van der Waals surface area contributed by atoms with E-state index in [0.29, 0.717) is 10.0 Å². The van der Waals surface area contributed by atoms with Crippen LogP contribution in [0.5, 0.6) is 0 Å². The summed E-state index contributed by atoms with van der Waals surface area (Å²) >= 11 is 12.0. The fraction of sp³-hybridized carbons (Fsp3) is 0.0625. The first-order valence-corrected chi connectivity index (χ1v) is 7.00. The van der Waals surface area contributed by atoms with E-state index in [1.807, 2.05) is 37.5 Å². The van der Waals surface area contributed by atoms with Gasteiger partial charge in [0.2, 0.25) is 0 Å². The number of allylic oxidation sites excluding steroid dienone is 1. The Balaban J connectivity index is 2.16. The van der Waals surface area contributed by atoms with Gasteiger partial charge in [-0.25, -0.2) is 4.98 Å². The van der Waals surface area contributed by atoms with Crippen molar-refractivity contribution in [2.45, 2.75) is 6.92 Å². The highest BCUT2D eigenvalue weighted by Crippen LogP contribution is 2.30. The Morgan fingerprint density at radius 1 is 1.10 bits per heavy atom. The molecule has 2 aromatic heterocycles. The molecule has 0 spiro atoms. The van der Waals surface area contributed by atoms with Crippen molar-refractivity contribution in [1.29, 1.82) is 0 Å². The molecule has 0 aliphatic heterocycles. The predicted octanol–water partition coefficient (Wildman–Crippen LogP) is 5.57. The number of hydrogen-bond acceptors (Lipinski definition) is 1. The van der Waals surface area contributed by atoms with E-state index < -0.39 is 0 Å². The van der Waals surface area contributed by atoms with Gasteiger partial charge in [0.05, 0.1) is 10.0 Å². The highest BCUT2D eigenvalue weighted by Gasteiger charge is 2.07. The number of rotatable bonds is 2. The third-order valence-corrected chi connectivity index (χ3v) is 3.90.